The maximum absolute atomic E-state index is 11.9. The monoisotopic (exact) mass is 401 g/mol. The summed E-state index contributed by atoms with van der Waals surface area (Å²) in [7, 11) is 0. The van der Waals surface area contributed by atoms with Crippen molar-refractivity contribution in [2.45, 2.75) is 13.3 Å². The Balaban J connectivity index is 1.27. The quantitative estimate of drug-likeness (QED) is 0.689. The van der Waals surface area contributed by atoms with Crippen molar-refractivity contribution in [3.8, 4) is 5.75 Å². The summed E-state index contributed by atoms with van der Waals surface area (Å²) in [6.07, 6.45) is 0.942. The van der Waals surface area contributed by atoms with Crippen molar-refractivity contribution < 1.29 is 9.53 Å². The van der Waals surface area contributed by atoms with Crippen LogP contribution in [0.2, 0.25) is 5.02 Å². The van der Waals surface area contributed by atoms with Gasteiger partial charge in [0.25, 0.3) is 5.91 Å². The van der Waals surface area contributed by atoms with E-state index in [1.807, 2.05) is 43.3 Å². The molecular formula is C22H28ClN3O2. The number of piperazine rings is 1. The van der Waals surface area contributed by atoms with Crippen LogP contribution in [0.5, 0.6) is 5.75 Å². The molecule has 1 aliphatic rings. The number of carbonyl (C=O) groups is 1. The Bertz CT molecular complexity index is 741. The number of aryl methyl sites for hydroxylation is 1. The number of hydrogen-bond acceptors (Lipinski definition) is 4. The standard InChI is InChI=1S/C22H28ClN3O2/c1-18-3-9-21(10-4-18)28-17-22(27)24-11-2-12-25-13-15-26(16-14-25)20-7-5-19(23)6-8-20/h3-10H,2,11-17H2,1H3,(H,24,27). The first kappa shape index (κ1) is 20.5. The zero-order valence-corrected chi connectivity index (χ0v) is 17.1. The van der Waals surface area contributed by atoms with Gasteiger partial charge < -0.3 is 15.0 Å². The smallest absolute Gasteiger partial charge is 0.257 e. The molecule has 2 aromatic carbocycles. The molecular weight excluding hydrogens is 374 g/mol. The summed E-state index contributed by atoms with van der Waals surface area (Å²) in [6.45, 7) is 7.84. The second-order valence-electron chi connectivity index (χ2n) is 7.11. The summed E-state index contributed by atoms with van der Waals surface area (Å²) in [5.74, 6) is 0.646. The van der Waals surface area contributed by atoms with E-state index in [0.717, 1.165) is 49.9 Å². The zero-order chi connectivity index (χ0) is 19.8. The Labute approximate surface area is 172 Å². The predicted molar refractivity (Wildman–Crippen MR) is 114 cm³/mol. The van der Waals surface area contributed by atoms with E-state index in [1.165, 1.54) is 11.3 Å². The first-order chi connectivity index (χ1) is 13.6. The average molecular weight is 402 g/mol. The Morgan fingerprint density at radius 1 is 1.04 bits per heavy atom. The number of ether oxygens (including phenoxy) is 1. The molecule has 28 heavy (non-hydrogen) atoms. The summed E-state index contributed by atoms with van der Waals surface area (Å²) in [5.41, 5.74) is 2.40. The lowest BCUT2D eigenvalue weighted by Crippen LogP contribution is -2.47. The highest BCUT2D eigenvalue weighted by molar-refractivity contribution is 6.30. The SMILES string of the molecule is Cc1ccc(OCC(=O)NCCCN2CCN(c3ccc(Cl)cc3)CC2)cc1. The maximum atomic E-state index is 11.9. The molecule has 0 aliphatic carbocycles. The van der Waals surface area contributed by atoms with Gasteiger partial charge in [0, 0.05) is 43.4 Å². The highest BCUT2D eigenvalue weighted by Crippen LogP contribution is 2.19. The summed E-state index contributed by atoms with van der Waals surface area (Å²) >= 11 is 5.96. The molecule has 0 radical (unpaired) electrons. The molecule has 1 N–H and O–H groups in total. The van der Waals surface area contributed by atoms with E-state index in [0.29, 0.717) is 6.54 Å². The van der Waals surface area contributed by atoms with Gasteiger partial charge in [-0.2, -0.15) is 0 Å². The van der Waals surface area contributed by atoms with Crippen LogP contribution < -0.4 is 15.0 Å². The fraction of sp³-hybridized carbons (Fsp3) is 0.409. The van der Waals surface area contributed by atoms with E-state index in [9.17, 15) is 4.79 Å². The van der Waals surface area contributed by atoms with E-state index >= 15 is 0 Å². The number of amides is 1. The van der Waals surface area contributed by atoms with Crippen LogP contribution in [-0.4, -0.2) is 56.7 Å². The van der Waals surface area contributed by atoms with Gasteiger partial charge in [0.15, 0.2) is 6.61 Å². The van der Waals surface area contributed by atoms with Crippen molar-refractivity contribution in [3.05, 3.63) is 59.1 Å². The maximum Gasteiger partial charge on any atom is 0.257 e. The third-order valence-corrected chi connectivity index (χ3v) is 5.18. The van der Waals surface area contributed by atoms with Crippen molar-refractivity contribution in [3.63, 3.8) is 0 Å². The van der Waals surface area contributed by atoms with Gasteiger partial charge in [-0.1, -0.05) is 29.3 Å². The van der Waals surface area contributed by atoms with Crippen LogP contribution >= 0.6 is 11.6 Å². The van der Waals surface area contributed by atoms with E-state index in [4.69, 9.17) is 16.3 Å². The number of hydrogen-bond donors (Lipinski definition) is 1. The predicted octanol–water partition coefficient (Wildman–Crippen LogP) is 3.36. The van der Waals surface area contributed by atoms with Crippen LogP contribution in [-0.2, 0) is 4.79 Å². The molecule has 6 heteroatoms. The van der Waals surface area contributed by atoms with E-state index in [-0.39, 0.29) is 12.5 Å². The van der Waals surface area contributed by atoms with E-state index < -0.39 is 0 Å². The lowest BCUT2D eigenvalue weighted by Gasteiger charge is -2.36. The molecule has 0 spiro atoms. The zero-order valence-electron chi connectivity index (χ0n) is 16.4. The molecule has 1 aliphatic heterocycles. The molecule has 0 saturated carbocycles. The van der Waals surface area contributed by atoms with E-state index in [2.05, 4.69) is 27.2 Å². The highest BCUT2D eigenvalue weighted by Gasteiger charge is 2.16. The molecule has 0 bridgehead atoms. The number of anilines is 1. The van der Waals surface area contributed by atoms with Gasteiger partial charge in [0.1, 0.15) is 5.75 Å². The van der Waals surface area contributed by atoms with Crippen LogP contribution in [0.25, 0.3) is 0 Å². The molecule has 0 aromatic heterocycles. The van der Waals surface area contributed by atoms with Crippen LogP contribution in [0.15, 0.2) is 48.5 Å². The highest BCUT2D eigenvalue weighted by atomic mass is 35.5. The molecule has 1 heterocycles. The van der Waals surface area contributed by atoms with Crippen LogP contribution in [0.3, 0.4) is 0 Å². The van der Waals surface area contributed by atoms with Crippen molar-refractivity contribution in [1.29, 1.82) is 0 Å². The van der Waals surface area contributed by atoms with Gasteiger partial charge in [0.2, 0.25) is 0 Å². The number of benzene rings is 2. The fourth-order valence-electron chi connectivity index (χ4n) is 3.25. The summed E-state index contributed by atoms with van der Waals surface area (Å²) in [4.78, 5) is 16.7. The molecule has 5 nitrogen and oxygen atoms in total. The van der Waals surface area contributed by atoms with E-state index in [1.54, 1.807) is 0 Å². The van der Waals surface area contributed by atoms with Gasteiger partial charge >= 0.3 is 0 Å². The Morgan fingerprint density at radius 2 is 1.71 bits per heavy atom. The minimum absolute atomic E-state index is 0.0584. The molecule has 0 atom stereocenters. The molecule has 0 unspecified atom stereocenters. The number of nitrogens with one attached hydrogen (secondary N) is 1. The summed E-state index contributed by atoms with van der Waals surface area (Å²) in [6, 6.07) is 15.7. The molecule has 1 saturated heterocycles. The minimum atomic E-state index is -0.0758. The average Bonchev–Trinajstić information content (AvgIpc) is 2.72. The molecule has 150 valence electrons. The van der Waals surface area contributed by atoms with Crippen molar-refractivity contribution in [2.24, 2.45) is 0 Å². The third-order valence-electron chi connectivity index (χ3n) is 4.93. The van der Waals surface area contributed by atoms with Gasteiger partial charge in [-0.3, -0.25) is 9.69 Å². The van der Waals surface area contributed by atoms with Crippen LogP contribution in [0.1, 0.15) is 12.0 Å². The fourth-order valence-corrected chi connectivity index (χ4v) is 3.37. The molecule has 1 fully saturated rings. The second kappa shape index (κ2) is 10.3. The molecule has 1 amide bonds. The Morgan fingerprint density at radius 3 is 2.39 bits per heavy atom. The van der Waals surface area contributed by atoms with Gasteiger partial charge in [-0.15, -0.1) is 0 Å². The van der Waals surface area contributed by atoms with Crippen LogP contribution in [0.4, 0.5) is 5.69 Å². The summed E-state index contributed by atoms with van der Waals surface area (Å²) in [5, 5.41) is 3.70. The molecule has 3 rings (SSSR count). The van der Waals surface area contributed by atoms with Gasteiger partial charge in [-0.05, 0) is 56.3 Å². The number of halogens is 1. The largest absolute Gasteiger partial charge is 0.484 e. The lowest BCUT2D eigenvalue weighted by molar-refractivity contribution is -0.123. The topological polar surface area (TPSA) is 44.8 Å². The third kappa shape index (κ3) is 6.43. The minimum Gasteiger partial charge on any atom is -0.484 e. The Hall–Kier alpha value is -2.24. The lowest BCUT2D eigenvalue weighted by atomic mass is 10.2. The Kier molecular flexibility index (Phi) is 7.57. The van der Waals surface area contributed by atoms with Crippen LogP contribution in [0, 0.1) is 6.92 Å². The first-order valence-electron chi connectivity index (χ1n) is 9.79. The van der Waals surface area contributed by atoms with Crippen molar-refractivity contribution in [2.75, 3.05) is 50.8 Å². The molecule has 2 aromatic rings. The van der Waals surface area contributed by atoms with Gasteiger partial charge in [-0.25, -0.2) is 0 Å². The second-order valence-corrected chi connectivity index (χ2v) is 7.55. The van der Waals surface area contributed by atoms with Gasteiger partial charge in [0.05, 0.1) is 0 Å². The van der Waals surface area contributed by atoms with Crippen molar-refractivity contribution in [1.82, 2.24) is 10.2 Å². The number of rotatable bonds is 8. The number of carbonyl (C=O) groups excluding carboxylic acids is 1. The first-order valence-corrected chi connectivity index (χ1v) is 10.2. The normalized spacial score (nSPS) is 14.7. The number of nitrogens with zero attached hydrogens (tertiary/aromatic N) is 2. The summed E-state index contributed by atoms with van der Waals surface area (Å²) < 4.78 is 5.49. The van der Waals surface area contributed by atoms with Crippen molar-refractivity contribution >= 4 is 23.2 Å².